The van der Waals surface area contributed by atoms with Gasteiger partial charge in [0.1, 0.15) is 18.0 Å². The van der Waals surface area contributed by atoms with Gasteiger partial charge in [0.05, 0.1) is 18.3 Å². The molecule has 1 aromatic carbocycles. The average molecular weight is 350 g/mol. The van der Waals surface area contributed by atoms with Crippen molar-refractivity contribution in [2.45, 2.75) is 18.4 Å². The van der Waals surface area contributed by atoms with Gasteiger partial charge in [0.15, 0.2) is 0 Å². The van der Waals surface area contributed by atoms with Gasteiger partial charge in [-0.05, 0) is 31.0 Å². The highest BCUT2D eigenvalue weighted by Gasteiger charge is 2.36. The van der Waals surface area contributed by atoms with E-state index in [1.165, 1.54) is 0 Å². The predicted molar refractivity (Wildman–Crippen MR) is 90.2 cm³/mol. The number of benzene rings is 1. The number of carbonyl (C=O) groups excluding carboxylic acids is 1. The van der Waals surface area contributed by atoms with Gasteiger partial charge in [-0.1, -0.05) is 17.7 Å². The van der Waals surface area contributed by atoms with Crippen LogP contribution in [0.3, 0.4) is 0 Å². The van der Waals surface area contributed by atoms with Crippen molar-refractivity contribution in [1.29, 1.82) is 0 Å². The fraction of sp³-hybridized carbons (Fsp3) is 0.412. The largest absolute Gasteiger partial charge is 0.490 e. The second-order valence-corrected chi connectivity index (χ2v) is 6.64. The van der Waals surface area contributed by atoms with Crippen molar-refractivity contribution in [1.82, 2.24) is 14.7 Å². The molecule has 1 atom stereocenters. The van der Waals surface area contributed by atoms with E-state index in [0.717, 1.165) is 6.42 Å². The maximum absolute atomic E-state index is 12.5. The Morgan fingerprint density at radius 2 is 2.33 bits per heavy atom. The highest BCUT2D eigenvalue weighted by Crippen LogP contribution is 2.25. The Morgan fingerprint density at radius 3 is 3.04 bits per heavy atom. The monoisotopic (exact) mass is 349 g/mol. The second kappa shape index (κ2) is 6.83. The quantitative estimate of drug-likeness (QED) is 0.918. The van der Waals surface area contributed by atoms with Crippen LogP contribution in [0, 0.1) is 0 Å². The molecule has 1 aliphatic heterocycles. The summed E-state index contributed by atoms with van der Waals surface area (Å²) in [5.41, 5.74) is -0.546. The van der Waals surface area contributed by atoms with Crippen LogP contribution in [0.5, 0.6) is 5.75 Å². The van der Waals surface area contributed by atoms with E-state index in [2.05, 4.69) is 5.10 Å². The van der Waals surface area contributed by atoms with Crippen molar-refractivity contribution in [3.8, 4) is 5.75 Å². The zero-order chi connectivity index (χ0) is 17.2. The van der Waals surface area contributed by atoms with E-state index in [9.17, 15) is 9.90 Å². The lowest BCUT2D eigenvalue weighted by atomic mass is 9.93. The zero-order valence-corrected chi connectivity index (χ0v) is 14.2. The molecule has 1 saturated heterocycles. The van der Waals surface area contributed by atoms with Crippen LogP contribution in [0.2, 0.25) is 5.02 Å². The number of likely N-dealkylation sites (tertiary alicyclic amines) is 1. The first-order valence-corrected chi connectivity index (χ1v) is 8.22. The number of piperidine rings is 1. The summed E-state index contributed by atoms with van der Waals surface area (Å²) in [6, 6.07) is 7.04. The number of carbonyl (C=O) groups is 1. The molecule has 1 unspecified atom stereocenters. The first-order valence-electron chi connectivity index (χ1n) is 7.84. The fourth-order valence-corrected chi connectivity index (χ4v) is 3.07. The molecule has 0 bridgehead atoms. The molecule has 3 rings (SSSR count). The van der Waals surface area contributed by atoms with E-state index in [-0.39, 0.29) is 19.1 Å². The Labute approximate surface area is 145 Å². The minimum absolute atomic E-state index is 0.115. The normalized spacial score (nSPS) is 20.9. The topological polar surface area (TPSA) is 67.6 Å². The lowest BCUT2D eigenvalue weighted by Gasteiger charge is -2.38. The third-order valence-electron chi connectivity index (χ3n) is 4.10. The van der Waals surface area contributed by atoms with E-state index in [4.69, 9.17) is 16.3 Å². The van der Waals surface area contributed by atoms with Gasteiger partial charge >= 0.3 is 0 Å². The van der Waals surface area contributed by atoms with E-state index < -0.39 is 5.60 Å². The fourth-order valence-electron chi connectivity index (χ4n) is 2.89. The summed E-state index contributed by atoms with van der Waals surface area (Å²) >= 11 is 5.93. The predicted octanol–water partition coefficient (Wildman–Crippen LogP) is 2.12. The van der Waals surface area contributed by atoms with E-state index in [0.29, 0.717) is 29.3 Å². The first kappa shape index (κ1) is 16.8. The summed E-state index contributed by atoms with van der Waals surface area (Å²) in [6.45, 7) is 0.971. The van der Waals surface area contributed by atoms with Crippen molar-refractivity contribution in [2.24, 2.45) is 7.05 Å². The smallest absolute Gasteiger partial charge is 0.257 e. The van der Waals surface area contributed by atoms with Gasteiger partial charge in [0.25, 0.3) is 5.91 Å². The van der Waals surface area contributed by atoms with Gasteiger partial charge in [-0.25, -0.2) is 0 Å². The highest BCUT2D eigenvalue weighted by molar-refractivity contribution is 6.30. The molecule has 128 valence electrons. The summed E-state index contributed by atoms with van der Waals surface area (Å²) in [5.74, 6) is 0.482. The number of nitrogens with zero attached hydrogens (tertiary/aromatic N) is 3. The number of β-amino-alcohol motifs (C(OH)–C–C–N with tert-alkyl or cyclic N) is 1. The molecule has 0 saturated carbocycles. The average Bonchev–Trinajstić information content (AvgIpc) is 2.99. The van der Waals surface area contributed by atoms with Crippen molar-refractivity contribution in [2.75, 3.05) is 19.7 Å². The zero-order valence-electron chi connectivity index (χ0n) is 13.5. The minimum Gasteiger partial charge on any atom is -0.490 e. The molecular weight excluding hydrogens is 330 g/mol. The van der Waals surface area contributed by atoms with Crippen molar-refractivity contribution >= 4 is 17.5 Å². The summed E-state index contributed by atoms with van der Waals surface area (Å²) in [4.78, 5) is 14.2. The number of amides is 1. The van der Waals surface area contributed by atoms with E-state index >= 15 is 0 Å². The lowest BCUT2D eigenvalue weighted by molar-refractivity contribution is -0.0532. The molecule has 6 nitrogen and oxygen atoms in total. The highest BCUT2D eigenvalue weighted by atomic mass is 35.5. The number of aliphatic hydroxyl groups is 1. The van der Waals surface area contributed by atoms with Gasteiger partial charge in [0, 0.05) is 24.8 Å². The first-order chi connectivity index (χ1) is 11.5. The molecule has 1 aliphatic rings. The maximum atomic E-state index is 12.5. The Balaban J connectivity index is 1.64. The van der Waals surface area contributed by atoms with Crippen molar-refractivity contribution in [3.05, 3.63) is 47.2 Å². The second-order valence-electron chi connectivity index (χ2n) is 6.20. The van der Waals surface area contributed by atoms with Crippen LogP contribution in [0.4, 0.5) is 0 Å². The number of hydrogen-bond acceptors (Lipinski definition) is 4. The molecule has 1 fully saturated rings. The number of ether oxygens (including phenoxy) is 1. The van der Waals surface area contributed by atoms with E-state index in [1.54, 1.807) is 53.3 Å². The van der Waals surface area contributed by atoms with Crippen LogP contribution in [0.15, 0.2) is 36.7 Å². The molecule has 0 radical (unpaired) electrons. The Hall–Kier alpha value is -2.05. The molecule has 1 aromatic heterocycles. The van der Waals surface area contributed by atoms with Gasteiger partial charge in [0.2, 0.25) is 0 Å². The number of aromatic nitrogens is 2. The van der Waals surface area contributed by atoms with Crippen LogP contribution < -0.4 is 4.74 Å². The van der Waals surface area contributed by atoms with Crippen molar-refractivity contribution < 1.29 is 14.6 Å². The summed E-state index contributed by atoms with van der Waals surface area (Å²) < 4.78 is 7.27. The number of rotatable bonds is 4. The van der Waals surface area contributed by atoms with Gasteiger partial charge < -0.3 is 14.7 Å². The van der Waals surface area contributed by atoms with Crippen LogP contribution in [0.25, 0.3) is 0 Å². The molecular formula is C17H20ClN3O3. The summed E-state index contributed by atoms with van der Waals surface area (Å²) in [6.07, 6.45) is 4.53. The lowest BCUT2D eigenvalue weighted by Crippen LogP contribution is -2.53. The number of hydrogen-bond donors (Lipinski definition) is 1. The van der Waals surface area contributed by atoms with Gasteiger partial charge in [-0.3, -0.25) is 9.48 Å². The van der Waals surface area contributed by atoms with Crippen LogP contribution >= 0.6 is 11.6 Å². The Bertz CT molecular complexity index is 733. The van der Waals surface area contributed by atoms with E-state index in [1.807, 2.05) is 0 Å². The standard InChI is InChI=1S/C17H20ClN3O3/c1-20-10-13(9-19-20)16(22)21-7-3-6-17(23,11-21)12-24-15-5-2-4-14(18)8-15/h2,4-5,8-10,23H,3,6-7,11-12H2,1H3. The Morgan fingerprint density at radius 1 is 1.50 bits per heavy atom. The van der Waals surface area contributed by atoms with Crippen LogP contribution in [-0.2, 0) is 7.05 Å². The number of aryl methyl sites for hydroxylation is 1. The summed E-state index contributed by atoms with van der Waals surface area (Å²) in [7, 11) is 1.77. The van der Waals surface area contributed by atoms with Gasteiger partial charge in [-0.2, -0.15) is 5.10 Å². The third kappa shape index (κ3) is 3.88. The molecule has 24 heavy (non-hydrogen) atoms. The van der Waals surface area contributed by atoms with Crippen molar-refractivity contribution in [3.63, 3.8) is 0 Å². The van der Waals surface area contributed by atoms with Gasteiger partial charge in [-0.15, -0.1) is 0 Å². The summed E-state index contributed by atoms with van der Waals surface area (Å²) in [5, 5.41) is 15.4. The molecule has 0 aliphatic carbocycles. The molecule has 2 aromatic rings. The minimum atomic E-state index is -1.07. The molecule has 1 amide bonds. The molecule has 2 heterocycles. The van der Waals surface area contributed by atoms with Crippen LogP contribution in [0.1, 0.15) is 23.2 Å². The third-order valence-corrected chi connectivity index (χ3v) is 4.33. The maximum Gasteiger partial charge on any atom is 0.257 e. The Kier molecular flexibility index (Phi) is 4.78. The SMILES string of the molecule is Cn1cc(C(=O)N2CCCC(O)(COc3cccc(Cl)c3)C2)cn1. The number of halogens is 1. The van der Waals surface area contributed by atoms with Crippen LogP contribution in [-0.4, -0.2) is 51.0 Å². The molecule has 0 spiro atoms. The molecule has 1 N–H and O–H groups in total. The molecule has 7 heteroatoms.